The second-order valence-corrected chi connectivity index (χ2v) is 8.40. The Morgan fingerprint density at radius 1 is 0.892 bits per heavy atom. The number of halogens is 1. The first-order valence-electron chi connectivity index (χ1n) is 11.1. The molecule has 1 aliphatic carbocycles. The van der Waals surface area contributed by atoms with Crippen molar-refractivity contribution in [2.45, 2.75) is 89.2 Å². The number of nitrogens with zero attached hydrogens (tertiary/aromatic N) is 9. The molecule has 1 aliphatic heterocycles. The van der Waals surface area contributed by atoms with Crippen LogP contribution in [0.15, 0.2) is 15.3 Å². The molecule has 0 aromatic heterocycles. The molecule has 1 saturated carbocycles. The quantitative estimate of drug-likeness (QED) is 0.141. The van der Waals surface area contributed by atoms with Crippen LogP contribution in [0.4, 0.5) is 4.39 Å². The van der Waals surface area contributed by atoms with Gasteiger partial charge in [-0.05, 0) is 28.9 Å². The highest BCUT2D eigenvalue weighted by Gasteiger charge is 2.53. The van der Waals surface area contributed by atoms with Gasteiger partial charge in [0.25, 0.3) is 0 Å². The summed E-state index contributed by atoms with van der Waals surface area (Å²) in [6, 6.07) is -2.60. The molecule has 2 fully saturated rings. The van der Waals surface area contributed by atoms with Crippen molar-refractivity contribution in [1.82, 2.24) is 0 Å². The molecule has 1 heterocycles. The van der Waals surface area contributed by atoms with E-state index in [4.69, 9.17) is 40.3 Å². The van der Waals surface area contributed by atoms with Gasteiger partial charge in [-0.3, -0.25) is 14.4 Å². The molecule has 2 rings (SSSR count). The van der Waals surface area contributed by atoms with Crippen LogP contribution < -0.4 is 0 Å². The number of azide groups is 3. The molecule has 0 aromatic rings. The van der Waals surface area contributed by atoms with Crippen LogP contribution in [-0.4, -0.2) is 79.5 Å². The van der Waals surface area contributed by atoms with Crippen LogP contribution in [0.5, 0.6) is 0 Å². The van der Waals surface area contributed by atoms with E-state index in [0.717, 1.165) is 20.8 Å². The molecule has 17 nitrogen and oxygen atoms in total. The minimum Gasteiger partial charge on any atom is -0.458 e. The van der Waals surface area contributed by atoms with Crippen LogP contribution in [0.25, 0.3) is 31.3 Å². The molecule has 202 valence electrons. The number of hydrogen-bond acceptors (Lipinski definition) is 11. The highest BCUT2D eigenvalue weighted by atomic mass is 19.1. The average Bonchev–Trinajstić information content (AvgIpc) is 2.81. The fraction of sp³-hybridized carbons (Fsp3) is 0.842. The molecular formula is C19H26FN9O8. The Labute approximate surface area is 209 Å². The Bertz CT molecular complexity index is 1010. The first kappa shape index (κ1) is 29.4. The molecule has 1 saturated heterocycles. The molecule has 10 atom stereocenters. The molecule has 0 amide bonds. The number of rotatable bonds is 9. The molecule has 0 spiro atoms. The number of ether oxygens (including phenoxy) is 5. The molecule has 2 aliphatic rings. The molecule has 2 unspecified atom stereocenters. The lowest BCUT2D eigenvalue weighted by Gasteiger charge is -2.47. The van der Waals surface area contributed by atoms with Gasteiger partial charge in [-0.2, -0.15) is 0 Å². The molecule has 0 radical (unpaired) electrons. The Kier molecular flexibility index (Phi) is 10.7. The Balaban J connectivity index is 2.48. The van der Waals surface area contributed by atoms with E-state index in [2.05, 4.69) is 30.1 Å². The van der Waals surface area contributed by atoms with E-state index in [0.29, 0.717) is 0 Å². The minimum atomic E-state index is -2.14. The second kappa shape index (κ2) is 13.5. The summed E-state index contributed by atoms with van der Waals surface area (Å²) in [7, 11) is 0. The molecular weight excluding hydrogens is 501 g/mol. The van der Waals surface area contributed by atoms with E-state index in [-0.39, 0.29) is 6.42 Å². The number of hydrogen-bond donors (Lipinski definition) is 0. The Morgan fingerprint density at radius 3 is 2.00 bits per heavy atom. The van der Waals surface area contributed by atoms with Crippen molar-refractivity contribution < 1.29 is 42.5 Å². The van der Waals surface area contributed by atoms with Gasteiger partial charge in [0, 0.05) is 35.5 Å². The first-order valence-corrected chi connectivity index (χ1v) is 11.1. The third kappa shape index (κ3) is 7.59. The fourth-order valence-electron chi connectivity index (χ4n) is 4.35. The van der Waals surface area contributed by atoms with Gasteiger partial charge in [0.2, 0.25) is 0 Å². The molecule has 0 aromatic carbocycles. The maximum absolute atomic E-state index is 15.5. The third-order valence-corrected chi connectivity index (χ3v) is 5.70. The summed E-state index contributed by atoms with van der Waals surface area (Å²) >= 11 is 0. The topological polar surface area (TPSA) is 244 Å². The molecule has 0 N–H and O–H groups in total. The highest BCUT2D eigenvalue weighted by molar-refractivity contribution is 5.67. The summed E-state index contributed by atoms with van der Waals surface area (Å²) in [4.78, 5) is 43.2. The van der Waals surface area contributed by atoms with Crippen LogP contribution in [0.3, 0.4) is 0 Å². The SMILES string of the molecule is CC(=O)O[C@@H]1[C@@H](CN=[N+]=[N-])O[C@H](O[C@H]2[C@H](OC(C)=O)[C@@H](OC(C)=O)C(N=[N+]=[N-])C[C@@H]2C)C(N=[N+]=[N-])[C@@H]1F. The van der Waals surface area contributed by atoms with Crippen molar-refractivity contribution in [1.29, 1.82) is 0 Å². The first-order chi connectivity index (χ1) is 17.5. The largest absolute Gasteiger partial charge is 0.458 e. The van der Waals surface area contributed by atoms with Gasteiger partial charge in [0.15, 0.2) is 24.7 Å². The standard InChI is InChI=1S/C19H26FN9O8/c1-7-5-11(25-28-22)16(33-8(2)30)18(35-10(4)32)15(7)37-19-14(26-29-23)13(20)17(34-9(3)31)12(36-19)6-24-27-21/h7,11-19H,5-6H2,1-4H3/t7-,11?,12+,13-,14?,15+,16-,17+,18-,19+/m0/s1. The summed E-state index contributed by atoms with van der Waals surface area (Å²) in [5.74, 6) is -2.93. The summed E-state index contributed by atoms with van der Waals surface area (Å²) < 4.78 is 42.9. The lowest BCUT2D eigenvalue weighted by molar-refractivity contribution is -0.289. The van der Waals surface area contributed by atoms with Crippen molar-refractivity contribution in [3.8, 4) is 0 Å². The predicted octanol–water partition coefficient (Wildman–Crippen LogP) is 2.94. The van der Waals surface area contributed by atoms with Crippen LogP contribution in [-0.2, 0) is 38.1 Å². The van der Waals surface area contributed by atoms with Gasteiger partial charge in [-0.1, -0.05) is 22.3 Å². The fourth-order valence-corrected chi connectivity index (χ4v) is 4.35. The predicted molar refractivity (Wildman–Crippen MR) is 119 cm³/mol. The van der Waals surface area contributed by atoms with Crippen LogP contribution in [0.1, 0.15) is 34.1 Å². The number of esters is 3. The molecule has 37 heavy (non-hydrogen) atoms. The van der Waals surface area contributed by atoms with Crippen molar-refractivity contribution in [2.24, 2.45) is 21.3 Å². The Morgan fingerprint density at radius 2 is 1.46 bits per heavy atom. The summed E-state index contributed by atoms with van der Waals surface area (Å²) in [6.07, 6.45) is -10.3. The average molecular weight is 527 g/mol. The zero-order valence-electron chi connectivity index (χ0n) is 20.4. The lowest BCUT2D eigenvalue weighted by Crippen LogP contribution is -2.62. The van der Waals surface area contributed by atoms with E-state index in [9.17, 15) is 14.4 Å². The van der Waals surface area contributed by atoms with E-state index < -0.39 is 85.4 Å². The monoisotopic (exact) mass is 527 g/mol. The maximum Gasteiger partial charge on any atom is 0.303 e. The van der Waals surface area contributed by atoms with Crippen molar-refractivity contribution in [3.63, 3.8) is 0 Å². The van der Waals surface area contributed by atoms with Crippen LogP contribution in [0, 0.1) is 5.92 Å². The number of carbonyl (C=O) groups excluding carboxylic acids is 3. The molecule has 18 heteroatoms. The van der Waals surface area contributed by atoms with E-state index in [1.54, 1.807) is 6.92 Å². The van der Waals surface area contributed by atoms with E-state index in [1.807, 2.05) is 0 Å². The van der Waals surface area contributed by atoms with Gasteiger partial charge < -0.3 is 23.7 Å². The van der Waals surface area contributed by atoms with Gasteiger partial charge in [0.1, 0.15) is 24.4 Å². The summed E-state index contributed by atoms with van der Waals surface area (Å²) in [5.41, 5.74) is 26.7. The Hall–Kier alpha value is -3.81. The van der Waals surface area contributed by atoms with Gasteiger partial charge in [-0.25, -0.2) is 4.39 Å². The van der Waals surface area contributed by atoms with Crippen molar-refractivity contribution in [2.75, 3.05) is 6.54 Å². The second-order valence-electron chi connectivity index (χ2n) is 8.40. The maximum atomic E-state index is 15.5. The van der Waals surface area contributed by atoms with Gasteiger partial charge >= 0.3 is 17.9 Å². The third-order valence-electron chi connectivity index (χ3n) is 5.70. The van der Waals surface area contributed by atoms with Gasteiger partial charge in [0.05, 0.1) is 12.6 Å². The molecule has 0 bridgehead atoms. The van der Waals surface area contributed by atoms with Crippen molar-refractivity contribution in [3.05, 3.63) is 31.3 Å². The summed E-state index contributed by atoms with van der Waals surface area (Å²) in [6.45, 7) is 4.44. The van der Waals surface area contributed by atoms with Crippen molar-refractivity contribution >= 4 is 17.9 Å². The smallest absolute Gasteiger partial charge is 0.303 e. The zero-order valence-corrected chi connectivity index (χ0v) is 20.4. The normalized spacial score (nSPS) is 34.9. The summed E-state index contributed by atoms with van der Waals surface area (Å²) in [5, 5.41) is 10.4. The van der Waals surface area contributed by atoms with E-state index >= 15 is 4.39 Å². The zero-order chi connectivity index (χ0) is 27.7. The number of alkyl halides is 1. The van der Waals surface area contributed by atoms with Crippen LogP contribution >= 0.6 is 0 Å². The minimum absolute atomic E-state index is 0.112. The number of carbonyl (C=O) groups is 3. The van der Waals surface area contributed by atoms with E-state index in [1.165, 1.54) is 0 Å². The lowest BCUT2D eigenvalue weighted by atomic mass is 9.80. The van der Waals surface area contributed by atoms with Gasteiger partial charge in [-0.15, -0.1) is 0 Å². The highest BCUT2D eigenvalue weighted by Crippen LogP contribution is 2.37. The van der Waals surface area contributed by atoms with Crippen LogP contribution in [0.2, 0.25) is 0 Å².